The SMILES string of the molecule is CC(C)(C)[Si](C)(C)OC[C@H]1O[C@H](Sc2ccccc2)CC(=O)[C@@H]1O. The highest BCUT2D eigenvalue weighted by atomic mass is 32.2. The van der Waals surface area contributed by atoms with E-state index in [9.17, 15) is 9.90 Å². The number of thioether (sulfide) groups is 1. The van der Waals surface area contributed by atoms with Crippen molar-refractivity contribution in [1.82, 2.24) is 0 Å². The fraction of sp³-hybridized carbons (Fsp3) is 0.611. The average molecular weight is 369 g/mol. The van der Waals surface area contributed by atoms with E-state index >= 15 is 0 Å². The molecule has 1 aromatic rings. The fourth-order valence-electron chi connectivity index (χ4n) is 2.17. The summed E-state index contributed by atoms with van der Waals surface area (Å²) in [6.07, 6.45) is -1.47. The second-order valence-electron chi connectivity index (χ2n) is 7.72. The molecule has 1 saturated heterocycles. The maximum Gasteiger partial charge on any atom is 0.192 e. The molecule has 1 aliphatic heterocycles. The fourth-order valence-corrected chi connectivity index (χ4v) is 4.25. The van der Waals surface area contributed by atoms with Crippen molar-refractivity contribution in [1.29, 1.82) is 0 Å². The second-order valence-corrected chi connectivity index (χ2v) is 13.8. The van der Waals surface area contributed by atoms with Gasteiger partial charge in [0.05, 0.1) is 6.61 Å². The van der Waals surface area contributed by atoms with E-state index in [-0.39, 0.29) is 29.3 Å². The molecule has 2 rings (SSSR count). The Kier molecular flexibility index (Phi) is 6.31. The van der Waals surface area contributed by atoms with Crippen molar-refractivity contribution in [3.63, 3.8) is 0 Å². The molecule has 3 atom stereocenters. The topological polar surface area (TPSA) is 55.8 Å². The first-order valence-electron chi connectivity index (χ1n) is 8.32. The van der Waals surface area contributed by atoms with Crippen LogP contribution in [0.3, 0.4) is 0 Å². The molecular formula is C18H28O4SSi. The van der Waals surface area contributed by atoms with Crippen molar-refractivity contribution < 1.29 is 19.1 Å². The molecule has 0 aromatic heterocycles. The highest BCUT2D eigenvalue weighted by molar-refractivity contribution is 7.99. The first-order chi connectivity index (χ1) is 11.1. The van der Waals surface area contributed by atoms with Crippen LogP contribution >= 0.6 is 11.8 Å². The molecule has 1 N–H and O–H groups in total. The molecule has 1 fully saturated rings. The number of hydrogen-bond acceptors (Lipinski definition) is 5. The molecule has 0 bridgehead atoms. The molecule has 1 heterocycles. The maximum atomic E-state index is 12.1. The summed E-state index contributed by atoms with van der Waals surface area (Å²) in [5, 5.41) is 10.3. The lowest BCUT2D eigenvalue weighted by Gasteiger charge is -2.39. The Morgan fingerprint density at radius 2 is 1.92 bits per heavy atom. The number of hydrogen-bond donors (Lipinski definition) is 1. The van der Waals surface area contributed by atoms with Crippen molar-refractivity contribution in [3.8, 4) is 0 Å². The van der Waals surface area contributed by atoms with Crippen LogP contribution in [0.1, 0.15) is 27.2 Å². The van der Waals surface area contributed by atoms with E-state index in [1.165, 1.54) is 11.8 Å². The van der Waals surface area contributed by atoms with Gasteiger partial charge in [-0.1, -0.05) is 50.7 Å². The van der Waals surface area contributed by atoms with E-state index in [2.05, 4.69) is 33.9 Å². The lowest BCUT2D eigenvalue weighted by molar-refractivity contribution is -0.153. The van der Waals surface area contributed by atoms with Gasteiger partial charge < -0.3 is 14.3 Å². The average Bonchev–Trinajstić information content (AvgIpc) is 2.49. The van der Waals surface area contributed by atoms with E-state index < -0.39 is 20.5 Å². The van der Waals surface area contributed by atoms with Crippen molar-refractivity contribution in [2.45, 2.75) is 67.9 Å². The second kappa shape index (κ2) is 7.70. The van der Waals surface area contributed by atoms with Gasteiger partial charge in [0.15, 0.2) is 14.1 Å². The van der Waals surface area contributed by atoms with Gasteiger partial charge in [0.25, 0.3) is 0 Å². The van der Waals surface area contributed by atoms with Crippen LogP contribution in [0, 0.1) is 0 Å². The molecule has 24 heavy (non-hydrogen) atoms. The third-order valence-electron chi connectivity index (χ3n) is 4.80. The van der Waals surface area contributed by atoms with E-state index in [1.54, 1.807) is 0 Å². The van der Waals surface area contributed by atoms with Crippen LogP contribution in [0.25, 0.3) is 0 Å². The molecule has 4 nitrogen and oxygen atoms in total. The van der Waals surface area contributed by atoms with Crippen LogP contribution in [0.5, 0.6) is 0 Å². The van der Waals surface area contributed by atoms with Crippen molar-refractivity contribution in [2.24, 2.45) is 0 Å². The van der Waals surface area contributed by atoms with Crippen molar-refractivity contribution in [3.05, 3.63) is 30.3 Å². The minimum absolute atomic E-state index is 0.0782. The number of ketones is 1. The third kappa shape index (κ3) is 4.92. The van der Waals surface area contributed by atoms with E-state index in [4.69, 9.17) is 9.16 Å². The number of aliphatic hydroxyl groups is 1. The van der Waals surface area contributed by atoms with Crippen molar-refractivity contribution in [2.75, 3.05) is 6.61 Å². The lowest BCUT2D eigenvalue weighted by atomic mass is 10.1. The summed E-state index contributed by atoms with van der Waals surface area (Å²) in [6.45, 7) is 11.1. The number of ether oxygens (including phenoxy) is 1. The van der Waals surface area contributed by atoms with Gasteiger partial charge in [0.2, 0.25) is 0 Å². The normalized spacial score (nSPS) is 25.8. The smallest absolute Gasteiger partial charge is 0.192 e. The predicted octanol–water partition coefficient (Wildman–Crippen LogP) is 3.85. The van der Waals surface area contributed by atoms with E-state index in [0.717, 1.165) is 4.90 Å². The molecule has 134 valence electrons. The molecular weight excluding hydrogens is 340 g/mol. The number of carbonyl (C=O) groups excluding carboxylic acids is 1. The van der Waals surface area contributed by atoms with Crippen LogP contribution in [0.15, 0.2) is 35.2 Å². The van der Waals surface area contributed by atoms with Crippen LogP contribution in [-0.4, -0.2) is 43.5 Å². The number of carbonyl (C=O) groups is 1. The number of benzene rings is 1. The summed E-state index contributed by atoms with van der Waals surface area (Å²) < 4.78 is 12.1. The Balaban J connectivity index is 1.99. The minimum atomic E-state index is -1.95. The molecule has 1 aromatic carbocycles. The zero-order chi connectivity index (χ0) is 18.0. The monoisotopic (exact) mass is 368 g/mol. The third-order valence-corrected chi connectivity index (χ3v) is 10.4. The Hall–Kier alpha value is -0.663. The number of aliphatic hydroxyl groups excluding tert-OH is 1. The number of rotatable bonds is 5. The van der Waals surface area contributed by atoms with Crippen LogP contribution in [-0.2, 0) is 14.0 Å². The van der Waals surface area contributed by atoms with E-state index in [1.807, 2.05) is 30.3 Å². The van der Waals surface area contributed by atoms with Gasteiger partial charge in [0.1, 0.15) is 17.6 Å². The van der Waals surface area contributed by atoms with E-state index in [0.29, 0.717) is 0 Å². The van der Waals surface area contributed by atoms with Crippen LogP contribution < -0.4 is 0 Å². The summed E-state index contributed by atoms with van der Waals surface area (Å²) in [5.74, 6) is -0.168. The van der Waals surface area contributed by atoms with Gasteiger partial charge in [-0.05, 0) is 30.3 Å². The summed E-state index contributed by atoms with van der Waals surface area (Å²) in [6, 6.07) is 9.85. The maximum absolute atomic E-state index is 12.1. The molecule has 1 aliphatic rings. The van der Waals surface area contributed by atoms with Crippen LogP contribution in [0.2, 0.25) is 18.1 Å². The largest absolute Gasteiger partial charge is 0.414 e. The molecule has 0 amide bonds. The van der Waals surface area contributed by atoms with Gasteiger partial charge >= 0.3 is 0 Å². The Morgan fingerprint density at radius 1 is 1.29 bits per heavy atom. The Bertz CT molecular complexity index is 556. The number of Topliss-reactive ketones (excluding diaryl/α,β-unsaturated/α-hetero) is 1. The molecule has 0 spiro atoms. The van der Waals surface area contributed by atoms with Gasteiger partial charge in [-0.15, -0.1) is 0 Å². The zero-order valence-electron chi connectivity index (χ0n) is 15.1. The van der Waals surface area contributed by atoms with Gasteiger partial charge in [-0.3, -0.25) is 4.79 Å². The summed E-state index contributed by atoms with van der Waals surface area (Å²) in [5.41, 5.74) is -0.281. The molecule has 0 radical (unpaired) electrons. The van der Waals surface area contributed by atoms with Crippen LogP contribution in [0.4, 0.5) is 0 Å². The molecule has 0 unspecified atom stereocenters. The quantitative estimate of drug-likeness (QED) is 0.800. The zero-order valence-corrected chi connectivity index (χ0v) is 16.9. The Morgan fingerprint density at radius 3 is 2.50 bits per heavy atom. The molecule has 0 saturated carbocycles. The van der Waals surface area contributed by atoms with Gasteiger partial charge in [0, 0.05) is 11.3 Å². The van der Waals surface area contributed by atoms with Gasteiger partial charge in [-0.2, -0.15) is 0 Å². The predicted molar refractivity (Wildman–Crippen MR) is 99.7 cm³/mol. The molecule has 0 aliphatic carbocycles. The highest BCUT2D eigenvalue weighted by Crippen LogP contribution is 2.37. The Labute approximate surface area is 150 Å². The summed E-state index contributed by atoms with van der Waals surface area (Å²) in [7, 11) is -1.95. The highest BCUT2D eigenvalue weighted by Gasteiger charge is 2.41. The minimum Gasteiger partial charge on any atom is -0.414 e. The first kappa shape index (κ1) is 19.7. The summed E-state index contributed by atoms with van der Waals surface area (Å²) in [4.78, 5) is 13.2. The molecule has 6 heteroatoms. The first-order valence-corrected chi connectivity index (χ1v) is 12.1. The van der Waals surface area contributed by atoms with Gasteiger partial charge in [-0.25, -0.2) is 0 Å². The standard InChI is InChI=1S/C18H28O4SSi/c1-18(2,3)24(4,5)21-12-15-17(20)14(19)11-16(22-15)23-13-9-7-6-8-10-13/h6-10,15-17,20H,11-12H2,1-5H3/t15-,16-,17+/m1/s1. The summed E-state index contributed by atoms with van der Waals surface area (Å²) >= 11 is 1.51. The van der Waals surface area contributed by atoms with Crippen molar-refractivity contribution >= 4 is 25.9 Å². The lowest BCUT2D eigenvalue weighted by Crippen LogP contribution is -2.50.